The lowest BCUT2D eigenvalue weighted by atomic mass is 10.1. The molecule has 2 aromatic rings. The van der Waals surface area contributed by atoms with Gasteiger partial charge < -0.3 is 9.52 Å². The fourth-order valence-electron chi connectivity index (χ4n) is 1.75. The molecule has 0 aliphatic rings. The zero-order valence-electron chi connectivity index (χ0n) is 10.5. The zero-order chi connectivity index (χ0) is 13.5. The largest absolute Gasteiger partial charge is 0.466 e. The average Bonchev–Trinajstić information content (AvgIpc) is 2.98. The van der Waals surface area contributed by atoms with E-state index in [9.17, 15) is 9.90 Å². The molecule has 0 saturated carbocycles. The Morgan fingerprint density at radius 2 is 2.00 bits per heavy atom. The molecule has 0 aliphatic carbocycles. The first-order valence-corrected chi connectivity index (χ1v) is 6.22. The molecule has 19 heavy (non-hydrogen) atoms. The number of carbonyl (C=O) groups excluding carboxylic acids is 1. The first kappa shape index (κ1) is 13.3. The summed E-state index contributed by atoms with van der Waals surface area (Å²) >= 11 is 0. The summed E-state index contributed by atoms with van der Waals surface area (Å²) in [5.41, 5.74) is 1.14. The Balaban J connectivity index is 1.81. The molecule has 0 spiro atoms. The summed E-state index contributed by atoms with van der Waals surface area (Å²) in [7, 11) is 0. The van der Waals surface area contributed by atoms with Crippen LogP contribution in [0.5, 0.6) is 0 Å². The lowest BCUT2D eigenvalue weighted by Crippen LogP contribution is -1.98. The molecule has 1 heterocycles. The van der Waals surface area contributed by atoms with Crippen molar-refractivity contribution in [3.63, 3.8) is 0 Å². The van der Waals surface area contributed by atoms with Crippen LogP contribution < -0.4 is 0 Å². The molecule has 0 radical (unpaired) electrons. The van der Waals surface area contributed by atoms with Crippen LogP contribution in [0.4, 0.5) is 0 Å². The van der Waals surface area contributed by atoms with Crippen LogP contribution in [0.1, 0.15) is 23.8 Å². The van der Waals surface area contributed by atoms with Gasteiger partial charge in [0.1, 0.15) is 11.9 Å². The van der Waals surface area contributed by atoms with E-state index in [1.54, 1.807) is 12.1 Å². The van der Waals surface area contributed by atoms with Crippen LogP contribution in [0.25, 0.3) is 0 Å². The first-order chi connectivity index (χ1) is 9.25. The number of aryl methyl sites for hydroxylation is 1. The number of carbonyl (C=O) groups is 1. The van der Waals surface area contributed by atoms with Crippen LogP contribution in [0.15, 0.2) is 65.3 Å². The highest BCUT2D eigenvalue weighted by atomic mass is 16.4. The second-order valence-corrected chi connectivity index (χ2v) is 4.27. The number of aliphatic hydroxyl groups is 1. The van der Waals surface area contributed by atoms with Crippen LogP contribution in [0.2, 0.25) is 0 Å². The van der Waals surface area contributed by atoms with E-state index >= 15 is 0 Å². The monoisotopic (exact) mass is 256 g/mol. The Morgan fingerprint density at radius 1 is 1.21 bits per heavy atom. The van der Waals surface area contributed by atoms with Crippen molar-refractivity contribution in [1.29, 1.82) is 0 Å². The van der Waals surface area contributed by atoms with E-state index in [1.165, 1.54) is 18.4 Å². The van der Waals surface area contributed by atoms with Gasteiger partial charge in [-0.25, -0.2) is 0 Å². The summed E-state index contributed by atoms with van der Waals surface area (Å²) in [5, 5.41) is 9.71. The van der Waals surface area contributed by atoms with Gasteiger partial charge in [0.2, 0.25) is 0 Å². The number of ketones is 1. The van der Waals surface area contributed by atoms with Crippen molar-refractivity contribution in [2.75, 3.05) is 0 Å². The Morgan fingerprint density at radius 3 is 2.68 bits per heavy atom. The normalized spacial score (nSPS) is 12.7. The third kappa shape index (κ3) is 4.23. The van der Waals surface area contributed by atoms with Crippen LogP contribution in [-0.4, -0.2) is 10.9 Å². The summed E-state index contributed by atoms with van der Waals surface area (Å²) in [6.45, 7) is 0. The number of hydrogen-bond donors (Lipinski definition) is 1. The minimum atomic E-state index is -0.865. The fraction of sp³-hybridized carbons (Fsp3) is 0.188. The van der Waals surface area contributed by atoms with E-state index in [0.717, 1.165) is 5.56 Å². The Labute approximate surface area is 112 Å². The second-order valence-electron chi connectivity index (χ2n) is 4.27. The number of aliphatic hydroxyl groups excluding tert-OH is 1. The van der Waals surface area contributed by atoms with Gasteiger partial charge in [-0.15, -0.1) is 0 Å². The fourth-order valence-corrected chi connectivity index (χ4v) is 1.75. The van der Waals surface area contributed by atoms with Gasteiger partial charge in [-0.3, -0.25) is 4.79 Å². The lowest BCUT2D eigenvalue weighted by molar-refractivity contribution is -0.114. The Bertz CT molecular complexity index is 526. The Hall–Kier alpha value is -2.13. The summed E-state index contributed by atoms with van der Waals surface area (Å²) < 4.78 is 5.04. The molecular weight excluding hydrogens is 240 g/mol. The van der Waals surface area contributed by atoms with E-state index in [-0.39, 0.29) is 5.78 Å². The predicted molar refractivity (Wildman–Crippen MR) is 72.6 cm³/mol. The van der Waals surface area contributed by atoms with Crippen molar-refractivity contribution in [2.45, 2.75) is 18.9 Å². The Kier molecular flexibility index (Phi) is 4.70. The zero-order valence-corrected chi connectivity index (χ0v) is 10.5. The first-order valence-electron chi connectivity index (χ1n) is 6.22. The highest BCUT2D eigenvalue weighted by Gasteiger charge is 2.06. The molecule has 1 unspecified atom stereocenters. The minimum absolute atomic E-state index is 0.00513. The summed E-state index contributed by atoms with van der Waals surface area (Å²) in [6, 6.07) is 13.2. The van der Waals surface area contributed by atoms with Gasteiger partial charge in [-0.2, -0.15) is 0 Å². The van der Waals surface area contributed by atoms with Crippen molar-refractivity contribution >= 4 is 5.78 Å². The molecule has 1 aromatic carbocycles. The number of furan rings is 1. The third-order valence-corrected chi connectivity index (χ3v) is 2.80. The average molecular weight is 256 g/mol. The summed E-state index contributed by atoms with van der Waals surface area (Å²) in [6.07, 6.45) is 4.63. The van der Waals surface area contributed by atoms with Gasteiger partial charge in [0.25, 0.3) is 0 Å². The van der Waals surface area contributed by atoms with Gasteiger partial charge in [-0.05, 0) is 36.3 Å². The maximum atomic E-state index is 11.7. The molecule has 0 bridgehead atoms. The molecule has 1 aromatic heterocycles. The van der Waals surface area contributed by atoms with E-state index in [4.69, 9.17) is 4.42 Å². The number of rotatable bonds is 6. The van der Waals surface area contributed by atoms with Crippen molar-refractivity contribution in [2.24, 2.45) is 0 Å². The molecule has 0 amide bonds. The van der Waals surface area contributed by atoms with Gasteiger partial charge in [0, 0.05) is 6.42 Å². The smallest absolute Gasteiger partial charge is 0.155 e. The molecular formula is C16H16O3. The topological polar surface area (TPSA) is 50.4 Å². The van der Waals surface area contributed by atoms with E-state index in [0.29, 0.717) is 18.6 Å². The predicted octanol–water partition coefficient (Wildman–Crippen LogP) is 3.07. The maximum absolute atomic E-state index is 11.7. The van der Waals surface area contributed by atoms with Crippen molar-refractivity contribution in [3.8, 4) is 0 Å². The standard InChI is InChI=1S/C16H16O3/c17-14(9-8-13-5-2-1-3-6-13)10-11-15(18)16-7-4-12-19-16/h1-7,10-12,15,18H,8-9H2. The SMILES string of the molecule is O=C(C=CC(O)c1ccco1)CCc1ccccc1. The number of benzene rings is 1. The van der Waals surface area contributed by atoms with E-state index in [1.807, 2.05) is 30.3 Å². The van der Waals surface area contributed by atoms with E-state index < -0.39 is 6.10 Å². The van der Waals surface area contributed by atoms with Crippen LogP contribution in [0.3, 0.4) is 0 Å². The summed E-state index contributed by atoms with van der Waals surface area (Å²) in [4.78, 5) is 11.7. The molecule has 98 valence electrons. The van der Waals surface area contributed by atoms with Crippen LogP contribution in [0, 0.1) is 0 Å². The molecule has 1 N–H and O–H groups in total. The third-order valence-electron chi connectivity index (χ3n) is 2.80. The van der Waals surface area contributed by atoms with Crippen LogP contribution >= 0.6 is 0 Å². The number of hydrogen-bond acceptors (Lipinski definition) is 3. The molecule has 2 rings (SSSR count). The van der Waals surface area contributed by atoms with Crippen molar-refractivity contribution in [1.82, 2.24) is 0 Å². The molecule has 0 saturated heterocycles. The van der Waals surface area contributed by atoms with Crippen molar-refractivity contribution in [3.05, 3.63) is 72.2 Å². The van der Waals surface area contributed by atoms with Crippen molar-refractivity contribution < 1.29 is 14.3 Å². The highest BCUT2D eigenvalue weighted by Crippen LogP contribution is 2.14. The molecule has 1 atom stereocenters. The molecule has 3 heteroatoms. The number of allylic oxidation sites excluding steroid dienone is 1. The molecule has 3 nitrogen and oxygen atoms in total. The minimum Gasteiger partial charge on any atom is -0.466 e. The summed E-state index contributed by atoms with van der Waals surface area (Å²) in [5.74, 6) is 0.432. The molecule has 0 fully saturated rings. The molecule has 0 aliphatic heterocycles. The lowest BCUT2D eigenvalue weighted by Gasteiger charge is -2.01. The van der Waals surface area contributed by atoms with Gasteiger partial charge in [0.05, 0.1) is 6.26 Å². The maximum Gasteiger partial charge on any atom is 0.155 e. The van der Waals surface area contributed by atoms with E-state index in [2.05, 4.69) is 0 Å². The van der Waals surface area contributed by atoms with Gasteiger partial charge >= 0.3 is 0 Å². The van der Waals surface area contributed by atoms with Gasteiger partial charge in [0.15, 0.2) is 5.78 Å². The highest BCUT2D eigenvalue weighted by molar-refractivity contribution is 5.89. The quantitative estimate of drug-likeness (QED) is 0.808. The second kappa shape index (κ2) is 6.71. The van der Waals surface area contributed by atoms with Gasteiger partial charge in [-0.1, -0.05) is 30.3 Å². The van der Waals surface area contributed by atoms with Crippen LogP contribution in [-0.2, 0) is 11.2 Å².